The first kappa shape index (κ1) is 16.4. The van der Waals surface area contributed by atoms with Gasteiger partial charge < -0.3 is 14.6 Å². The molecule has 0 aromatic heterocycles. The Kier molecular flexibility index (Phi) is 5.73. The third-order valence-corrected chi connectivity index (χ3v) is 3.13. The van der Waals surface area contributed by atoms with Gasteiger partial charge in [0.25, 0.3) is 0 Å². The SMILES string of the molecule is O[C@H](OCc1cccc(Oc2ccccc2)c1)C(Cl)(Cl)Cl. The summed E-state index contributed by atoms with van der Waals surface area (Å²) < 4.78 is 8.92. The van der Waals surface area contributed by atoms with Crippen LogP contribution in [0, 0.1) is 0 Å². The van der Waals surface area contributed by atoms with Crippen molar-refractivity contribution in [2.75, 3.05) is 0 Å². The maximum Gasteiger partial charge on any atom is 0.240 e. The molecule has 1 N–H and O–H groups in total. The van der Waals surface area contributed by atoms with Gasteiger partial charge in [-0.1, -0.05) is 65.1 Å². The molecule has 1 atom stereocenters. The van der Waals surface area contributed by atoms with E-state index in [2.05, 4.69) is 0 Å². The number of rotatable bonds is 5. The normalized spacial score (nSPS) is 13.0. The van der Waals surface area contributed by atoms with Crippen molar-refractivity contribution in [3.63, 3.8) is 0 Å². The predicted molar refractivity (Wildman–Crippen MR) is 84.0 cm³/mol. The summed E-state index contributed by atoms with van der Waals surface area (Å²) in [7, 11) is 0. The topological polar surface area (TPSA) is 38.7 Å². The van der Waals surface area contributed by atoms with Crippen LogP contribution in [0.5, 0.6) is 11.5 Å². The first-order valence-electron chi connectivity index (χ1n) is 6.13. The Morgan fingerprint density at radius 2 is 1.62 bits per heavy atom. The van der Waals surface area contributed by atoms with Gasteiger partial charge in [0.2, 0.25) is 10.1 Å². The number of aliphatic hydroxyl groups excluding tert-OH is 1. The molecule has 2 rings (SSSR count). The van der Waals surface area contributed by atoms with Gasteiger partial charge in [-0.2, -0.15) is 0 Å². The van der Waals surface area contributed by atoms with Crippen molar-refractivity contribution >= 4 is 34.8 Å². The lowest BCUT2D eigenvalue weighted by atomic mass is 10.2. The number of benzene rings is 2. The van der Waals surface area contributed by atoms with E-state index in [9.17, 15) is 5.11 Å². The maximum atomic E-state index is 9.50. The molecule has 0 amide bonds. The molecule has 0 unspecified atom stereocenters. The van der Waals surface area contributed by atoms with Crippen LogP contribution in [-0.4, -0.2) is 15.2 Å². The molecule has 0 bridgehead atoms. The van der Waals surface area contributed by atoms with Gasteiger partial charge in [0.15, 0.2) is 0 Å². The number of halogens is 3. The molecule has 2 aromatic rings. The Bertz CT molecular complexity index is 570. The molecule has 0 aliphatic carbocycles. The Hall–Kier alpha value is -0.970. The van der Waals surface area contributed by atoms with Gasteiger partial charge in [0.05, 0.1) is 6.61 Å². The molecule has 6 heteroatoms. The molecule has 0 aliphatic heterocycles. The standard InChI is InChI=1S/C15H13Cl3O3/c16-15(17,18)14(19)20-10-11-5-4-8-13(9-11)21-12-6-2-1-3-7-12/h1-9,14,19H,10H2/t14-/m1/s1. The fraction of sp³-hybridized carbons (Fsp3) is 0.200. The van der Waals surface area contributed by atoms with Crippen LogP contribution in [0.25, 0.3) is 0 Å². The predicted octanol–water partition coefficient (Wildman–Crippen LogP) is 4.68. The second-order valence-corrected chi connectivity index (χ2v) is 6.64. The number of para-hydroxylation sites is 1. The van der Waals surface area contributed by atoms with Crippen molar-refractivity contribution in [2.45, 2.75) is 16.7 Å². The number of hydrogen-bond acceptors (Lipinski definition) is 3. The van der Waals surface area contributed by atoms with Crippen molar-refractivity contribution < 1.29 is 14.6 Å². The first-order valence-corrected chi connectivity index (χ1v) is 7.27. The Balaban J connectivity index is 1.98. The molecule has 21 heavy (non-hydrogen) atoms. The van der Waals surface area contributed by atoms with E-state index in [0.29, 0.717) is 5.75 Å². The average Bonchev–Trinajstić information content (AvgIpc) is 2.45. The first-order chi connectivity index (χ1) is 9.95. The van der Waals surface area contributed by atoms with E-state index in [-0.39, 0.29) is 6.61 Å². The summed E-state index contributed by atoms with van der Waals surface area (Å²) in [5, 5.41) is 9.50. The monoisotopic (exact) mass is 346 g/mol. The van der Waals surface area contributed by atoms with Crippen LogP contribution in [-0.2, 0) is 11.3 Å². The minimum Gasteiger partial charge on any atom is -0.457 e. The van der Waals surface area contributed by atoms with Crippen LogP contribution in [0.15, 0.2) is 54.6 Å². The lowest BCUT2D eigenvalue weighted by Gasteiger charge is -2.19. The van der Waals surface area contributed by atoms with Crippen LogP contribution in [0.1, 0.15) is 5.56 Å². The summed E-state index contributed by atoms with van der Waals surface area (Å²) in [4.78, 5) is 0. The molecular weight excluding hydrogens is 335 g/mol. The number of aliphatic hydroxyl groups is 1. The summed E-state index contributed by atoms with van der Waals surface area (Å²) in [5.74, 6) is 1.39. The molecule has 0 radical (unpaired) electrons. The quantitative estimate of drug-likeness (QED) is 0.630. The van der Waals surface area contributed by atoms with Crippen LogP contribution in [0.3, 0.4) is 0 Å². The fourth-order valence-corrected chi connectivity index (χ4v) is 1.78. The Labute approximate surface area is 138 Å². The highest BCUT2D eigenvalue weighted by Gasteiger charge is 2.31. The van der Waals surface area contributed by atoms with Crippen LogP contribution in [0.4, 0.5) is 0 Å². The van der Waals surface area contributed by atoms with Gasteiger partial charge in [-0.25, -0.2) is 0 Å². The van der Waals surface area contributed by atoms with E-state index in [1.54, 1.807) is 6.07 Å². The van der Waals surface area contributed by atoms with E-state index in [0.717, 1.165) is 11.3 Å². The molecule has 0 saturated carbocycles. The Morgan fingerprint density at radius 1 is 0.952 bits per heavy atom. The highest BCUT2D eigenvalue weighted by molar-refractivity contribution is 6.67. The smallest absolute Gasteiger partial charge is 0.240 e. The fourth-order valence-electron chi connectivity index (χ4n) is 1.59. The third-order valence-electron chi connectivity index (χ3n) is 2.57. The summed E-state index contributed by atoms with van der Waals surface area (Å²) in [6, 6.07) is 16.7. The molecular formula is C15H13Cl3O3. The molecule has 2 aromatic carbocycles. The minimum absolute atomic E-state index is 0.0983. The molecule has 112 valence electrons. The van der Waals surface area contributed by atoms with Crippen molar-refractivity contribution in [1.29, 1.82) is 0 Å². The molecule has 0 fully saturated rings. The summed E-state index contributed by atoms with van der Waals surface area (Å²) in [6.45, 7) is 0.0983. The van der Waals surface area contributed by atoms with E-state index in [1.165, 1.54) is 0 Å². The zero-order valence-electron chi connectivity index (χ0n) is 10.9. The van der Waals surface area contributed by atoms with Gasteiger partial charge in [-0.05, 0) is 29.8 Å². The molecule has 0 saturated heterocycles. The van der Waals surface area contributed by atoms with Crippen molar-refractivity contribution in [1.82, 2.24) is 0 Å². The van der Waals surface area contributed by atoms with Crippen LogP contribution in [0.2, 0.25) is 0 Å². The second-order valence-electron chi connectivity index (χ2n) is 4.27. The minimum atomic E-state index is -1.88. The number of ether oxygens (including phenoxy) is 2. The van der Waals surface area contributed by atoms with E-state index in [1.807, 2.05) is 48.5 Å². The maximum absolute atomic E-state index is 9.50. The van der Waals surface area contributed by atoms with Gasteiger partial charge in [-0.3, -0.25) is 0 Å². The molecule has 0 heterocycles. The average molecular weight is 348 g/mol. The number of alkyl halides is 3. The third kappa shape index (κ3) is 5.38. The lowest BCUT2D eigenvalue weighted by molar-refractivity contribution is -0.104. The van der Waals surface area contributed by atoms with E-state index in [4.69, 9.17) is 44.3 Å². The largest absolute Gasteiger partial charge is 0.457 e. The number of hydrogen-bond donors (Lipinski definition) is 1. The van der Waals surface area contributed by atoms with Gasteiger partial charge in [0.1, 0.15) is 11.5 Å². The summed E-state index contributed by atoms with van der Waals surface area (Å²) in [6.07, 6.45) is -1.50. The molecule has 3 nitrogen and oxygen atoms in total. The zero-order chi connectivity index (χ0) is 15.3. The Morgan fingerprint density at radius 3 is 2.29 bits per heavy atom. The highest BCUT2D eigenvalue weighted by Crippen LogP contribution is 2.31. The van der Waals surface area contributed by atoms with Crippen molar-refractivity contribution in [2.24, 2.45) is 0 Å². The molecule has 0 aliphatic rings. The zero-order valence-corrected chi connectivity index (χ0v) is 13.1. The van der Waals surface area contributed by atoms with Crippen LogP contribution < -0.4 is 4.74 Å². The highest BCUT2D eigenvalue weighted by atomic mass is 35.6. The van der Waals surface area contributed by atoms with Crippen LogP contribution >= 0.6 is 34.8 Å². The molecule has 0 spiro atoms. The van der Waals surface area contributed by atoms with Crippen molar-refractivity contribution in [3.8, 4) is 11.5 Å². The summed E-state index contributed by atoms with van der Waals surface area (Å²) >= 11 is 16.6. The lowest BCUT2D eigenvalue weighted by Crippen LogP contribution is -2.27. The van der Waals surface area contributed by atoms with Gasteiger partial charge in [0, 0.05) is 0 Å². The van der Waals surface area contributed by atoms with Crippen molar-refractivity contribution in [3.05, 3.63) is 60.2 Å². The van der Waals surface area contributed by atoms with Gasteiger partial charge >= 0.3 is 0 Å². The second kappa shape index (κ2) is 7.34. The summed E-state index contributed by atoms with van der Waals surface area (Å²) in [5.41, 5.74) is 0.789. The van der Waals surface area contributed by atoms with E-state index < -0.39 is 10.1 Å². The van der Waals surface area contributed by atoms with Gasteiger partial charge in [-0.15, -0.1) is 0 Å². The van der Waals surface area contributed by atoms with E-state index >= 15 is 0 Å².